The minimum absolute atomic E-state index is 0.0628. The monoisotopic (exact) mass is 622 g/mol. The predicted molar refractivity (Wildman–Crippen MR) is 177 cm³/mol. The Kier molecular flexibility index (Phi) is 17.0. The van der Waals surface area contributed by atoms with Gasteiger partial charge in [0.15, 0.2) is 22.4 Å². The smallest absolute Gasteiger partial charge is 0.191 e. The van der Waals surface area contributed by atoms with Crippen molar-refractivity contribution in [2.24, 2.45) is 22.3 Å². The lowest BCUT2D eigenvalue weighted by Gasteiger charge is -2.42. The van der Waals surface area contributed by atoms with Gasteiger partial charge in [-0.1, -0.05) is 55.4 Å². The maximum atomic E-state index is 6.28. The van der Waals surface area contributed by atoms with Crippen molar-refractivity contribution >= 4 is 16.6 Å². The van der Waals surface area contributed by atoms with E-state index in [9.17, 15) is 0 Å². The van der Waals surface area contributed by atoms with E-state index in [1.54, 1.807) is 0 Å². The average molecular weight is 623 g/mol. The van der Waals surface area contributed by atoms with Crippen LogP contribution in [-0.4, -0.2) is 88.4 Å². The van der Waals surface area contributed by atoms with E-state index in [4.69, 9.17) is 39.3 Å². The Morgan fingerprint density at radius 3 is 1.41 bits per heavy atom. The van der Waals surface area contributed by atoms with Gasteiger partial charge < -0.3 is 39.3 Å². The Bertz CT molecular complexity index is 700. The number of nitrogens with two attached hydrogens (primary N) is 2. The van der Waals surface area contributed by atoms with Crippen LogP contribution in [-0.2, 0) is 27.8 Å². The molecule has 0 spiro atoms. The second kappa shape index (κ2) is 17.0. The van der Waals surface area contributed by atoms with Crippen LogP contribution in [0.4, 0.5) is 0 Å². The summed E-state index contributed by atoms with van der Waals surface area (Å²) in [5.41, 5.74) is 11.0. The molecule has 0 saturated carbocycles. The first-order valence-electron chi connectivity index (χ1n) is 15.6. The molecule has 0 aromatic rings. The zero-order valence-corrected chi connectivity index (χ0v) is 31.6. The van der Waals surface area contributed by atoms with Crippen molar-refractivity contribution in [1.82, 2.24) is 0 Å². The Balaban J connectivity index is 0.000000788. The van der Waals surface area contributed by atoms with E-state index in [0.717, 1.165) is 39.3 Å². The Morgan fingerprint density at radius 1 is 0.659 bits per heavy atom. The van der Waals surface area contributed by atoms with Gasteiger partial charge in [-0.25, -0.2) is 0 Å². The Labute approximate surface area is 256 Å². The van der Waals surface area contributed by atoms with Crippen molar-refractivity contribution in [1.29, 1.82) is 0 Å². The molecule has 1 fully saturated rings. The minimum atomic E-state index is -1.70. The molecular weight excluding hydrogens is 553 g/mol. The normalized spacial score (nSPS) is 18.1. The van der Waals surface area contributed by atoms with Crippen LogP contribution in [0.5, 0.6) is 0 Å². The highest BCUT2D eigenvalue weighted by Gasteiger charge is 2.40. The highest BCUT2D eigenvalue weighted by atomic mass is 28.4. The van der Waals surface area contributed by atoms with Gasteiger partial charge >= 0.3 is 0 Å². The van der Waals surface area contributed by atoms with E-state index in [0.29, 0.717) is 39.5 Å². The molecule has 0 amide bonds. The van der Waals surface area contributed by atoms with Gasteiger partial charge in [-0.05, 0) is 63.0 Å². The molecule has 0 aliphatic carbocycles. The molecule has 1 rings (SSSR count). The first kappa shape index (κ1) is 41.1. The lowest BCUT2D eigenvalue weighted by molar-refractivity contribution is -0.283. The maximum absolute atomic E-state index is 6.28. The third-order valence-corrected chi connectivity index (χ3v) is 18.0. The molecule has 1 heterocycles. The summed E-state index contributed by atoms with van der Waals surface area (Å²) in [6, 6.07) is 0. The third kappa shape index (κ3) is 16.1. The summed E-state index contributed by atoms with van der Waals surface area (Å²) in [4.78, 5) is 0. The van der Waals surface area contributed by atoms with E-state index in [-0.39, 0.29) is 20.9 Å². The van der Waals surface area contributed by atoms with Gasteiger partial charge in [0, 0.05) is 37.1 Å². The number of hydrogen-bond donors (Lipinski definition) is 2. The standard InChI is InChI=1S/C16H38N2O3Si.C15H32O3Si/c1-15(2,3)22(5,6)21-10-7-16(4,13-19-11-8-17)14-20-12-9-18;1-13(2,3)19(7,8)18-10-9-15(6)11-16-14(4,5)17-12-15/h7-14,17-18H2,1-6H3;9-12H2,1-8H3. The van der Waals surface area contributed by atoms with Crippen LogP contribution in [0.15, 0.2) is 0 Å². The molecule has 248 valence electrons. The molecule has 8 nitrogen and oxygen atoms in total. The van der Waals surface area contributed by atoms with Gasteiger partial charge in [-0.2, -0.15) is 0 Å². The number of ether oxygens (including phenoxy) is 4. The molecular formula is C31H70N2O6Si2. The largest absolute Gasteiger partial charge is 0.417 e. The summed E-state index contributed by atoms with van der Waals surface area (Å²) in [5.74, 6) is -0.431. The van der Waals surface area contributed by atoms with Gasteiger partial charge in [0.25, 0.3) is 0 Å². The SMILES string of the molecule is CC(CCO[Si](C)(C)C(C)(C)C)(COCCN)COCCN.CC1(CCO[Si](C)(C)C(C)(C)C)COC(C)(C)OC1. The average Bonchev–Trinajstić information content (AvgIpc) is 2.80. The summed E-state index contributed by atoms with van der Waals surface area (Å²) in [7, 11) is -3.33. The van der Waals surface area contributed by atoms with E-state index in [1.165, 1.54) is 0 Å². The van der Waals surface area contributed by atoms with Crippen molar-refractivity contribution in [3.8, 4) is 0 Å². The van der Waals surface area contributed by atoms with Crippen molar-refractivity contribution in [3.05, 3.63) is 0 Å². The second-order valence-electron chi connectivity index (χ2n) is 16.0. The predicted octanol–water partition coefficient (Wildman–Crippen LogP) is 6.54. The lowest BCUT2D eigenvalue weighted by atomic mass is 9.88. The van der Waals surface area contributed by atoms with Gasteiger partial charge in [-0.3, -0.25) is 0 Å². The van der Waals surface area contributed by atoms with Crippen molar-refractivity contribution < 1.29 is 27.8 Å². The zero-order chi connectivity index (χ0) is 32.2. The molecule has 1 aliphatic heterocycles. The molecule has 1 saturated heterocycles. The van der Waals surface area contributed by atoms with Crippen LogP contribution in [0.25, 0.3) is 0 Å². The molecule has 1 aliphatic rings. The minimum Gasteiger partial charge on any atom is -0.417 e. The molecule has 41 heavy (non-hydrogen) atoms. The first-order chi connectivity index (χ1) is 18.4. The molecule has 0 unspecified atom stereocenters. The number of hydrogen-bond acceptors (Lipinski definition) is 8. The molecule has 10 heteroatoms. The topological polar surface area (TPSA) is 107 Å². The number of rotatable bonds is 16. The Morgan fingerprint density at radius 2 is 1.05 bits per heavy atom. The van der Waals surface area contributed by atoms with Crippen LogP contribution in [0.3, 0.4) is 0 Å². The van der Waals surface area contributed by atoms with E-state index >= 15 is 0 Å². The molecule has 4 N–H and O–H groups in total. The van der Waals surface area contributed by atoms with Gasteiger partial charge in [0.05, 0.1) is 39.6 Å². The zero-order valence-electron chi connectivity index (χ0n) is 29.6. The molecule has 0 aromatic carbocycles. The van der Waals surface area contributed by atoms with Crippen molar-refractivity contribution in [3.63, 3.8) is 0 Å². The fraction of sp³-hybridized carbons (Fsp3) is 1.00. The summed E-state index contributed by atoms with van der Waals surface area (Å²) in [6.07, 6.45) is 1.91. The quantitative estimate of drug-likeness (QED) is 0.148. The third-order valence-electron chi connectivity index (χ3n) is 8.91. The van der Waals surface area contributed by atoms with E-state index < -0.39 is 22.4 Å². The fourth-order valence-corrected chi connectivity index (χ4v) is 5.54. The second-order valence-corrected chi connectivity index (χ2v) is 25.6. The van der Waals surface area contributed by atoms with Crippen LogP contribution < -0.4 is 11.5 Å². The highest BCUT2D eigenvalue weighted by molar-refractivity contribution is 6.74. The summed E-state index contributed by atoms with van der Waals surface area (Å²) >= 11 is 0. The van der Waals surface area contributed by atoms with Gasteiger partial charge in [-0.15, -0.1) is 0 Å². The first-order valence-corrected chi connectivity index (χ1v) is 21.4. The van der Waals surface area contributed by atoms with E-state index in [1.807, 2.05) is 13.8 Å². The highest BCUT2D eigenvalue weighted by Crippen LogP contribution is 2.39. The maximum Gasteiger partial charge on any atom is 0.191 e. The van der Waals surface area contributed by atoms with Crippen molar-refractivity contribution in [2.45, 2.75) is 124 Å². The summed E-state index contributed by atoms with van der Waals surface area (Å²) in [5, 5.41) is 0.505. The Hall–Kier alpha value is 0.114. The van der Waals surface area contributed by atoms with Crippen LogP contribution in [0, 0.1) is 10.8 Å². The molecule has 0 aromatic heterocycles. The van der Waals surface area contributed by atoms with E-state index in [2.05, 4.69) is 81.6 Å². The summed E-state index contributed by atoms with van der Waals surface area (Å²) < 4.78 is 35.3. The molecule has 0 atom stereocenters. The van der Waals surface area contributed by atoms with Crippen LogP contribution in [0.2, 0.25) is 36.3 Å². The van der Waals surface area contributed by atoms with Crippen LogP contribution >= 0.6 is 0 Å². The lowest BCUT2D eigenvalue weighted by Crippen LogP contribution is -2.46. The molecule has 0 bridgehead atoms. The summed E-state index contributed by atoms with van der Waals surface area (Å²) in [6.45, 7) is 37.6. The van der Waals surface area contributed by atoms with Gasteiger partial charge in [0.2, 0.25) is 0 Å². The fourth-order valence-electron chi connectivity index (χ4n) is 3.45. The van der Waals surface area contributed by atoms with Crippen LogP contribution in [0.1, 0.15) is 82.1 Å². The van der Waals surface area contributed by atoms with Crippen molar-refractivity contribution in [2.75, 3.05) is 65.9 Å². The molecule has 0 radical (unpaired) electrons. The van der Waals surface area contributed by atoms with Gasteiger partial charge in [0.1, 0.15) is 0 Å².